The summed E-state index contributed by atoms with van der Waals surface area (Å²) in [5.74, 6) is -1.13. The molecule has 4 heteroatoms. The van der Waals surface area contributed by atoms with E-state index in [2.05, 4.69) is 5.32 Å². The smallest absolute Gasteiger partial charge is 0.337 e. The van der Waals surface area contributed by atoms with Gasteiger partial charge in [0.25, 0.3) is 0 Å². The average Bonchev–Trinajstić information content (AvgIpc) is 2.13. The number of aliphatic carboxylic acids is 1. The van der Waals surface area contributed by atoms with Gasteiger partial charge in [0.2, 0.25) is 0 Å². The van der Waals surface area contributed by atoms with E-state index >= 15 is 0 Å². The topological polar surface area (TPSA) is 69.6 Å². The maximum absolute atomic E-state index is 10.4. The Labute approximate surface area is 58.9 Å². The lowest BCUT2D eigenvalue weighted by atomic mass is 10.0. The molecule has 1 rings (SSSR count). The summed E-state index contributed by atoms with van der Waals surface area (Å²) in [6, 6.07) is 0.0982. The van der Waals surface area contributed by atoms with Gasteiger partial charge in [-0.3, -0.25) is 0 Å². The van der Waals surface area contributed by atoms with Crippen LogP contribution in [0.1, 0.15) is 13.3 Å². The molecule has 0 bridgehead atoms. The first-order chi connectivity index (χ1) is 4.54. The Kier molecular flexibility index (Phi) is 1.66. The third-order valence-corrected chi connectivity index (χ3v) is 1.78. The van der Waals surface area contributed by atoms with Gasteiger partial charge >= 0.3 is 5.97 Å². The zero-order chi connectivity index (χ0) is 7.78. The van der Waals surface area contributed by atoms with Crippen LogP contribution in [0.4, 0.5) is 0 Å². The van der Waals surface area contributed by atoms with Crippen LogP contribution in [-0.2, 0) is 4.79 Å². The number of carboxylic acids is 1. The Morgan fingerprint density at radius 1 is 1.80 bits per heavy atom. The summed E-state index contributed by atoms with van der Waals surface area (Å²) in [5, 5.41) is 20.6. The van der Waals surface area contributed by atoms with E-state index in [9.17, 15) is 9.90 Å². The van der Waals surface area contributed by atoms with Crippen LogP contribution in [0.5, 0.6) is 0 Å². The maximum atomic E-state index is 10.4. The monoisotopic (exact) mass is 145 g/mol. The predicted octanol–water partition coefficient (Wildman–Crippen LogP) is -0.816. The van der Waals surface area contributed by atoms with Gasteiger partial charge in [-0.1, -0.05) is 0 Å². The molecule has 0 aliphatic carbocycles. The predicted molar refractivity (Wildman–Crippen MR) is 34.7 cm³/mol. The minimum Gasteiger partial charge on any atom is -0.479 e. The van der Waals surface area contributed by atoms with Crippen molar-refractivity contribution in [2.24, 2.45) is 0 Å². The molecule has 0 saturated carbocycles. The molecule has 58 valence electrons. The molecule has 0 aromatic carbocycles. The van der Waals surface area contributed by atoms with E-state index in [4.69, 9.17) is 5.11 Å². The minimum absolute atomic E-state index is 0.0982. The highest BCUT2D eigenvalue weighted by molar-refractivity contribution is 5.78. The highest BCUT2D eigenvalue weighted by Gasteiger charge is 2.41. The lowest BCUT2D eigenvalue weighted by Gasteiger charge is -2.13. The van der Waals surface area contributed by atoms with Crippen LogP contribution in [0.15, 0.2) is 0 Å². The standard InChI is InChI=1S/C6H11NO3/c1-4-2-6(10,3-7-4)5(8)9/h4,7,10H,2-3H2,1H3,(H,8,9)/t4-,6?/m1/s1. The summed E-state index contributed by atoms with van der Waals surface area (Å²) in [7, 11) is 0. The molecule has 1 unspecified atom stereocenters. The van der Waals surface area contributed by atoms with Crippen LogP contribution in [0.3, 0.4) is 0 Å². The number of carbonyl (C=O) groups is 1. The Morgan fingerprint density at radius 3 is 2.60 bits per heavy atom. The number of hydrogen-bond acceptors (Lipinski definition) is 3. The molecule has 0 amide bonds. The van der Waals surface area contributed by atoms with Gasteiger partial charge in [-0.2, -0.15) is 0 Å². The van der Waals surface area contributed by atoms with Crippen molar-refractivity contribution in [3.05, 3.63) is 0 Å². The zero-order valence-electron chi connectivity index (χ0n) is 5.79. The Hall–Kier alpha value is -0.610. The van der Waals surface area contributed by atoms with Crippen LogP contribution in [0, 0.1) is 0 Å². The molecule has 10 heavy (non-hydrogen) atoms. The summed E-state index contributed by atoms with van der Waals surface area (Å²) < 4.78 is 0. The second-order valence-electron chi connectivity index (χ2n) is 2.82. The van der Waals surface area contributed by atoms with Crippen molar-refractivity contribution < 1.29 is 15.0 Å². The van der Waals surface area contributed by atoms with Crippen LogP contribution >= 0.6 is 0 Å². The van der Waals surface area contributed by atoms with E-state index in [0.29, 0.717) is 6.42 Å². The summed E-state index contributed by atoms with van der Waals surface area (Å²) in [6.45, 7) is 2.00. The molecule has 2 atom stereocenters. The largest absolute Gasteiger partial charge is 0.479 e. The summed E-state index contributed by atoms with van der Waals surface area (Å²) in [5.41, 5.74) is -1.53. The molecule has 1 fully saturated rings. The first-order valence-electron chi connectivity index (χ1n) is 3.24. The molecule has 0 aromatic rings. The third-order valence-electron chi connectivity index (χ3n) is 1.78. The van der Waals surface area contributed by atoms with Crippen molar-refractivity contribution in [2.45, 2.75) is 25.0 Å². The van der Waals surface area contributed by atoms with Gasteiger partial charge in [0.05, 0.1) is 0 Å². The number of carboxylic acid groups (broad SMARTS) is 1. The molecule has 0 radical (unpaired) electrons. The van der Waals surface area contributed by atoms with Gasteiger partial charge in [-0.05, 0) is 6.92 Å². The summed E-state index contributed by atoms with van der Waals surface area (Å²) in [6.07, 6.45) is 0.294. The van der Waals surface area contributed by atoms with Gasteiger partial charge < -0.3 is 15.5 Å². The van der Waals surface area contributed by atoms with Gasteiger partial charge in [0.1, 0.15) is 0 Å². The molecule has 3 N–H and O–H groups in total. The van der Waals surface area contributed by atoms with Crippen LogP contribution in [-0.4, -0.2) is 34.4 Å². The van der Waals surface area contributed by atoms with Crippen LogP contribution in [0.2, 0.25) is 0 Å². The zero-order valence-corrected chi connectivity index (χ0v) is 5.79. The molecule has 1 aliphatic rings. The van der Waals surface area contributed by atoms with E-state index < -0.39 is 11.6 Å². The molecular formula is C6H11NO3. The Morgan fingerprint density at radius 2 is 2.40 bits per heavy atom. The van der Waals surface area contributed by atoms with Gasteiger partial charge in [-0.15, -0.1) is 0 Å². The SMILES string of the molecule is C[C@@H]1CC(O)(C(=O)O)CN1. The van der Waals surface area contributed by atoms with Crippen molar-refractivity contribution in [2.75, 3.05) is 6.54 Å². The third kappa shape index (κ3) is 1.12. The highest BCUT2D eigenvalue weighted by Crippen LogP contribution is 2.18. The minimum atomic E-state index is -1.53. The molecule has 4 nitrogen and oxygen atoms in total. The lowest BCUT2D eigenvalue weighted by Crippen LogP contribution is -2.40. The fraction of sp³-hybridized carbons (Fsp3) is 0.833. The Bertz CT molecular complexity index is 159. The molecule has 0 spiro atoms. The van der Waals surface area contributed by atoms with Crippen LogP contribution in [0.25, 0.3) is 0 Å². The quantitative estimate of drug-likeness (QED) is 0.451. The first-order valence-corrected chi connectivity index (χ1v) is 3.24. The van der Waals surface area contributed by atoms with Gasteiger partial charge in [-0.25, -0.2) is 4.79 Å². The van der Waals surface area contributed by atoms with Gasteiger partial charge in [0, 0.05) is 19.0 Å². The fourth-order valence-corrected chi connectivity index (χ4v) is 1.16. The maximum Gasteiger partial charge on any atom is 0.337 e. The van der Waals surface area contributed by atoms with Crippen molar-refractivity contribution in [1.29, 1.82) is 0 Å². The summed E-state index contributed by atoms with van der Waals surface area (Å²) in [4.78, 5) is 10.4. The molecule has 1 heterocycles. The number of nitrogens with one attached hydrogen (secondary N) is 1. The molecule has 1 aliphatic heterocycles. The van der Waals surface area contributed by atoms with E-state index in [-0.39, 0.29) is 12.6 Å². The van der Waals surface area contributed by atoms with Crippen molar-refractivity contribution in [1.82, 2.24) is 5.32 Å². The molecular weight excluding hydrogens is 134 g/mol. The number of aliphatic hydroxyl groups is 1. The second-order valence-corrected chi connectivity index (χ2v) is 2.82. The van der Waals surface area contributed by atoms with E-state index in [1.807, 2.05) is 6.92 Å². The van der Waals surface area contributed by atoms with Crippen molar-refractivity contribution >= 4 is 5.97 Å². The van der Waals surface area contributed by atoms with E-state index in [1.54, 1.807) is 0 Å². The second kappa shape index (κ2) is 2.21. The Balaban J connectivity index is 2.63. The lowest BCUT2D eigenvalue weighted by molar-refractivity contribution is -0.156. The number of β-amino-alcohol motifs (C(OH)–C–C–N with tert-alkyl or cyclic N) is 1. The van der Waals surface area contributed by atoms with E-state index in [0.717, 1.165) is 0 Å². The first kappa shape index (κ1) is 7.50. The molecule has 1 saturated heterocycles. The average molecular weight is 145 g/mol. The van der Waals surface area contributed by atoms with Crippen LogP contribution < -0.4 is 5.32 Å². The highest BCUT2D eigenvalue weighted by atomic mass is 16.4. The van der Waals surface area contributed by atoms with E-state index in [1.165, 1.54) is 0 Å². The van der Waals surface area contributed by atoms with Crippen molar-refractivity contribution in [3.8, 4) is 0 Å². The summed E-state index contributed by atoms with van der Waals surface area (Å²) >= 11 is 0. The number of hydrogen-bond donors (Lipinski definition) is 3. The fourth-order valence-electron chi connectivity index (χ4n) is 1.16. The van der Waals surface area contributed by atoms with Crippen molar-refractivity contribution in [3.63, 3.8) is 0 Å². The molecule has 0 aromatic heterocycles. The normalized spacial score (nSPS) is 40.0. The van der Waals surface area contributed by atoms with Gasteiger partial charge in [0.15, 0.2) is 5.60 Å². The number of rotatable bonds is 1.